The molecule has 1 unspecified atom stereocenters. The van der Waals surface area contributed by atoms with Crippen LogP contribution in [0.15, 0.2) is 29.3 Å². The standard InChI is InChI=1S/C15H19F2N3/c16-14(17)11-5-3-4-10(8-11)13-9-19-15(18)20(13)12-6-1-2-7-12/h3-5,8,12-14H,1-2,6-7,9H2,(H2,18,19). The zero-order valence-electron chi connectivity index (χ0n) is 11.3. The number of aliphatic imine (C=N–C) groups is 1. The number of nitrogens with zero attached hydrogens (tertiary/aromatic N) is 2. The molecule has 1 aliphatic heterocycles. The van der Waals surface area contributed by atoms with Crippen molar-refractivity contribution in [3.05, 3.63) is 35.4 Å². The fraction of sp³-hybridized carbons (Fsp3) is 0.533. The van der Waals surface area contributed by atoms with Crippen molar-refractivity contribution in [1.82, 2.24) is 4.90 Å². The number of hydrogen-bond donors (Lipinski definition) is 1. The van der Waals surface area contributed by atoms with Crippen LogP contribution < -0.4 is 5.73 Å². The highest BCUT2D eigenvalue weighted by molar-refractivity contribution is 5.80. The molecule has 108 valence electrons. The van der Waals surface area contributed by atoms with Gasteiger partial charge in [-0.3, -0.25) is 4.99 Å². The van der Waals surface area contributed by atoms with Gasteiger partial charge in [-0.05, 0) is 24.5 Å². The number of hydrogen-bond acceptors (Lipinski definition) is 3. The van der Waals surface area contributed by atoms with Crippen LogP contribution in [0.25, 0.3) is 0 Å². The molecular weight excluding hydrogens is 260 g/mol. The summed E-state index contributed by atoms with van der Waals surface area (Å²) in [5, 5.41) is 0. The molecule has 1 heterocycles. The van der Waals surface area contributed by atoms with Crippen LogP contribution in [0.5, 0.6) is 0 Å². The van der Waals surface area contributed by atoms with Gasteiger partial charge in [-0.15, -0.1) is 0 Å². The Bertz CT molecular complexity index is 510. The van der Waals surface area contributed by atoms with Gasteiger partial charge in [-0.2, -0.15) is 0 Å². The monoisotopic (exact) mass is 279 g/mol. The molecule has 20 heavy (non-hydrogen) atoms. The fourth-order valence-electron chi connectivity index (χ4n) is 3.30. The van der Waals surface area contributed by atoms with Crippen LogP contribution in [0.2, 0.25) is 0 Å². The summed E-state index contributed by atoms with van der Waals surface area (Å²) in [4.78, 5) is 6.46. The van der Waals surface area contributed by atoms with Crippen molar-refractivity contribution in [1.29, 1.82) is 0 Å². The molecule has 3 rings (SSSR count). The maximum Gasteiger partial charge on any atom is 0.263 e. The summed E-state index contributed by atoms with van der Waals surface area (Å²) in [7, 11) is 0. The van der Waals surface area contributed by atoms with Crippen molar-refractivity contribution >= 4 is 5.96 Å². The van der Waals surface area contributed by atoms with Crippen molar-refractivity contribution in [3.8, 4) is 0 Å². The van der Waals surface area contributed by atoms with E-state index in [-0.39, 0.29) is 11.6 Å². The molecule has 3 nitrogen and oxygen atoms in total. The first-order chi connectivity index (χ1) is 9.66. The molecule has 0 saturated heterocycles. The molecule has 1 fully saturated rings. The minimum absolute atomic E-state index is 0.0109. The first-order valence-corrected chi connectivity index (χ1v) is 7.13. The van der Waals surface area contributed by atoms with Gasteiger partial charge < -0.3 is 10.6 Å². The van der Waals surface area contributed by atoms with Gasteiger partial charge in [-0.1, -0.05) is 31.0 Å². The Morgan fingerprint density at radius 1 is 1.25 bits per heavy atom. The minimum atomic E-state index is -2.44. The Kier molecular flexibility index (Phi) is 3.59. The fourth-order valence-corrected chi connectivity index (χ4v) is 3.30. The molecule has 1 aromatic carbocycles. The summed E-state index contributed by atoms with van der Waals surface area (Å²) < 4.78 is 25.7. The highest BCUT2D eigenvalue weighted by atomic mass is 19.3. The van der Waals surface area contributed by atoms with E-state index in [9.17, 15) is 8.78 Å². The zero-order valence-corrected chi connectivity index (χ0v) is 11.3. The van der Waals surface area contributed by atoms with E-state index in [1.54, 1.807) is 12.1 Å². The molecular formula is C15H19F2N3. The van der Waals surface area contributed by atoms with E-state index in [1.807, 2.05) is 6.07 Å². The van der Waals surface area contributed by atoms with Crippen LogP contribution in [-0.4, -0.2) is 23.4 Å². The number of alkyl halides is 2. The van der Waals surface area contributed by atoms with Gasteiger partial charge in [0.1, 0.15) is 0 Å². The third-order valence-electron chi connectivity index (χ3n) is 4.29. The van der Waals surface area contributed by atoms with Gasteiger partial charge in [0.25, 0.3) is 6.43 Å². The molecule has 1 aromatic rings. The highest BCUT2D eigenvalue weighted by Crippen LogP contribution is 2.35. The maximum absolute atomic E-state index is 12.8. The molecule has 0 radical (unpaired) electrons. The molecule has 0 spiro atoms. The molecule has 2 aliphatic rings. The van der Waals surface area contributed by atoms with E-state index in [0.717, 1.165) is 18.4 Å². The van der Waals surface area contributed by atoms with Gasteiger partial charge in [-0.25, -0.2) is 8.78 Å². The van der Waals surface area contributed by atoms with E-state index in [2.05, 4.69) is 9.89 Å². The predicted molar refractivity (Wildman–Crippen MR) is 74.7 cm³/mol. The SMILES string of the molecule is NC1=NCC(c2cccc(C(F)F)c2)N1C1CCCC1. The quantitative estimate of drug-likeness (QED) is 0.923. The lowest BCUT2D eigenvalue weighted by Crippen LogP contribution is -2.42. The average molecular weight is 279 g/mol. The lowest BCUT2D eigenvalue weighted by atomic mass is 10.0. The number of rotatable bonds is 3. The molecule has 5 heteroatoms. The summed E-state index contributed by atoms with van der Waals surface area (Å²) in [6.45, 7) is 0.565. The van der Waals surface area contributed by atoms with E-state index in [4.69, 9.17) is 5.73 Å². The lowest BCUT2D eigenvalue weighted by Gasteiger charge is -2.32. The second kappa shape index (κ2) is 5.38. The van der Waals surface area contributed by atoms with Gasteiger partial charge >= 0.3 is 0 Å². The van der Waals surface area contributed by atoms with Crippen molar-refractivity contribution < 1.29 is 8.78 Å². The summed E-state index contributed by atoms with van der Waals surface area (Å²) in [5.74, 6) is 0.560. The van der Waals surface area contributed by atoms with Gasteiger partial charge in [0, 0.05) is 11.6 Å². The second-order valence-corrected chi connectivity index (χ2v) is 5.53. The number of halogens is 2. The first kappa shape index (κ1) is 13.3. The van der Waals surface area contributed by atoms with Crippen LogP contribution in [0.4, 0.5) is 8.78 Å². The third kappa shape index (κ3) is 2.37. The van der Waals surface area contributed by atoms with E-state index < -0.39 is 6.43 Å². The number of guanidine groups is 1. The Morgan fingerprint density at radius 3 is 2.70 bits per heavy atom. The van der Waals surface area contributed by atoms with Gasteiger partial charge in [0.05, 0.1) is 12.6 Å². The van der Waals surface area contributed by atoms with E-state index in [0.29, 0.717) is 18.5 Å². The Labute approximate surface area is 117 Å². The second-order valence-electron chi connectivity index (χ2n) is 5.53. The maximum atomic E-state index is 12.8. The number of nitrogens with two attached hydrogens (primary N) is 1. The highest BCUT2D eigenvalue weighted by Gasteiger charge is 2.34. The molecule has 0 amide bonds. The predicted octanol–water partition coefficient (Wildman–Crippen LogP) is 3.24. The summed E-state index contributed by atoms with van der Waals surface area (Å²) in [5.41, 5.74) is 6.97. The molecule has 1 atom stereocenters. The third-order valence-corrected chi connectivity index (χ3v) is 4.29. The van der Waals surface area contributed by atoms with Crippen molar-refractivity contribution in [2.24, 2.45) is 10.7 Å². The molecule has 1 saturated carbocycles. The molecule has 2 N–H and O–H groups in total. The summed E-state index contributed by atoms with van der Waals surface area (Å²) in [6.07, 6.45) is 2.20. The van der Waals surface area contributed by atoms with E-state index in [1.165, 1.54) is 18.9 Å². The Hall–Kier alpha value is -1.65. The summed E-state index contributed by atoms with van der Waals surface area (Å²) in [6, 6.07) is 7.06. The van der Waals surface area contributed by atoms with Crippen LogP contribution in [0.1, 0.15) is 49.3 Å². The zero-order chi connectivity index (χ0) is 14.1. The van der Waals surface area contributed by atoms with Gasteiger partial charge in [0.15, 0.2) is 5.96 Å². The van der Waals surface area contributed by atoms with Crippen molar-refractivity contribution in [2.75, 3.05) is 6.54 Å². The Morgan fingerprint density at radius 2 is 2.00 bits per heavy atom. The van der Waals surface area contributed by atoms with Gasteiger partial charge in [0.2, 0.25) is 0 Å². The lowest BCUT2D eigenvalue weighted by molar-refractivity contribution is 0.151. The van der Waals surface area contributed by atoms with Crippen LogP contribution in [-0.2, 0) is 0 Å². The minimum Gasteiger partial charge on any atom is -0.370 e. The largest absolute Gasteiger partial charge is 0.370 e. The first-order valence-electron chi connectivity index (χ1n) is 7.13. The molecule has 0 bridgehead atoms. The molecule has 1 aliphatic carbocycles. The smallest absolute Gasteiger partial charge is 0.263 e. The average Bonchev–Trinajstić information content (AvgIpc) is 3.07. The van der Waals surface area contributed by atoms with Crippen LogP contribution in [0.3, 0.4) is 0 Å². The van der Waals surface area contributed by atoms with E-state index >= 15 is 0 Å². The van der Waals surface area contributed by atoms with Crippen molar-refractivity contribution in [2.45, 2.75) is 44.2 Å². The Balaban J connectivity index is 1.87. The normalized spacial score (nSPS) is 23.6. The summed E-state index contributed by atoms with van der Waals surface area (Å²) >= 11 is 0. The van der Waals surface area contributed by atoms with Crippen LogP contribution >= 0.6 is 0 Å². The van der Waals surface area contributed by atoms with Crippen LogP contribution in [0, 0.1) is 0 Å². The topological polar surface area (TPSA) is 41.6 Å². The number of benzene rings is 1. The van der Waals surface area contributed by atoms with Crippen molar-refractivity contribution in [3.63, 3.8) is 0 Å². The molecule has 0 aromatic heterocycles.